The zero-order chi connectivity index (χ0) is 18.7. The van der Waals surface area contributed by atoms with E-state index in [1.54, 1.807) is 5.38 Å². The maximum Gasteiger partial charge on any atom is 0.203 e. The Morgan fingerprint density at radius 2 is 1.58 bits per heavy atom. The van der Waals surface area contributed by atoms with Crippen LogP contribution in [0, 0.1) is 30.2 Å². The van der Waals surface area contributed by atoms with Gasteiger partial charge in [-0.25, -0.2) is 13.8 Å². The molecule has 0 spiro atoms. The van der Waals surface area contributed by atoms with Gasteiger partial charge in [0.25, 0.3) is 0 Å². The predicted octanol–water partition coefficient (Wildman–Crippen LogP) is 5.17. The van der Waals surface area contributed by atoms with Crippen LogP contribution in [0.4, 0.5) is 17.6 Å². The van der Waals surface area contributed by atoms with Crippen LogP contribution in [-0.2, 0) is 13.2 Å². The van der Waals surface area contributed by atoms with Crippen LogP contribution in [0.3, 0.4) is 0 Å². The summed E-state index contributed by atoms with van der Waals surface area (Å²) in [6.07, 6.45) is 0. The van der Waals surface area contributed by atoms with Gasteiger partial charge in [0.2, 0.25) is 11.6 Å². The lowest BCUT2D eigenvalue weighted by molar-refractivity contribution is 0.257. The van der Waals surface area contributed by atoms with E-state index in [2.05, 4.69) is 4.98 Å². The van der Waals surface area contributed by atoms with Gasteiger partial charge < -0.3 is 9.47 Å². The van der Waals surface area contributed by atoms with E-state index in [4.69, 9.17) is 9.47 Å². The van der Waals surface area contributed by atoms with E-state index >= 15 is 0 Å². The van der Waals surface area contributed by atoms with Gasteiger partial charge in [-0.3, -0.25) is 0 Å². The number of thiazole rings is 1. The molecule has 0 saturated carbocycles. The third-order valence-electron chi connectivity index (χ3n) is 3.42. The maximum atomic E-state index is 13.5. The van der Waals surface area contributed by atoms with Gasteiger partial charge in [0.05, 0.1) is 5.69 Å². The Morgan fingerprint density at radius 1 is 0.923 bits per heavy atom. The Hall–Kier alpha value is -2.61. The second kappa shape index (κ2) is 7.74. The van der Waals surface area contributed by atoms with Crippen molar-refractivity contribution in [1.82, 2.24) is 4.98 Å². The summed E-state index contributed by atoms with van der Waals surface area (Å²) in [6.45, 7) is 1.84. The Balaban J connectivity index is 1.61. The molecule has 8 heteroatoms. The van der Waals surface area contributed by atoms with Crippen LogP contribution in [0.1, 0.15) is 16.3 Å². The Bertz CT molecular complexity index is 886. The maximum absolute atomic E-state index is 13.5. The lowest BCUT2D eigenvalue weighted by Crippen LogP contribution is -2.04. The monoisotopic (exact) mass is 383 g/mol. The van der Waals surface area contributed by atoms with Crippen LogP contribution in [0.25, 0.3) is 0 Å². The van der Waals surface area contributed by atoms with E-state index in [-0.39, 0.29) is 19.3 Å². The molecule has 0 aliphatic rings. The summed E-state index contributed by atoms with van der Waals surface area (Å²) in [6, 6.07) is 7.62. The molecule has 26 heavy (non-hydrogen) atoms. The molecule has 2 aromatic carbocycles. The van der Waals surface area contributed by atoms with Crippen molar-refractivity contribution in [3.05, 3.63) is 75.2 Å². The van der Waals surface area contributed by atoms with Gasteiger partial charge >= 0.3 is 0 Å². The van der Waals surface area contributed by atoms with Gasteiger partial charge in [-0.1, -0.05) is 17.7 Å². The van der Waals surface area contributed by atoms with Crippen molar-refractivity contribution in [1.29, 1.82) is 0 Å². The first kappa shape index (κ1) is 18.2. The fraction of sp³-hybridized carbons (Fsp3) is 0.167. The molecule has 1 aromatic heterocycles. The molecule has 0 atom stereocenters. The summed E-state index contributed by atoms with van der Waals surface area (Å²) in [7, 11) is 0. The number of aryl methyl sites for hydroxylation is 1. The first-order valence-electron chi connectivity index (χ1n) is 7.52. The highest BCUT2D eigenvalue weighted by molar-refractivity contribution is 7.09. The van der Waals surface area contributed by atoms with Crippen molar-refractivity contribution in [2.45, 2.75) is 20.1 Å². The van der Waals surface area contributed by atoms with Gasteiger partial charge in [0.15, 0.2) is 17.4 Å². The summed E-state index contributed by atoms with van der Waals surface area (Å²) in [4.78, 5) is 4.20. The van der Waals surface area contributed by atoms with Gasteiger partial charge in [-0.05, 0) is 19.1 Å². The summed E-state index contributed by atoms with van der Waals surface area (Å²) >= 11 is 1.27. The summed E-state index contributed by atoms with van der Waals surface area (Å²) in [5.74, 6) is -6.63. The number of aromatic nitrogens is 1. The van der Waals surface area contributed by atoms with Crippen LogP contribution in [0.15, 0.2) is 35.7 Å². The molecular weight excluding hydrogens is 370 g/mol. The van der Waals surface area contributed by atoms with E-state index in [0.29, 0.717) is 16.5 Å². The average Bonchev–Trinajstić information content (AvgIpc) is 3.07. The molecule has 0 unspecified atom stereocenters. The summed E-state index contributed by atoms with van der Waals surface area (Å²) in [5.41, 5.74) is 1.47. The molecule has 3 aromatic rings. The number of benzene rings is 2. The standard InChI is InChI=1S/C18H13F4NO2S/c1-10-2-4-12(5-3-10)24-8-15-23-11(9-26-15)7-25-18-16(21)13(19)6-14(20)17(18)22/h2-6,9H,7-8H2,1H3. The van der Waals surface area contributed by atoms with Crippen molar-refractivity contribution < 1.29 is 27.0 Å². The van der Waals surface area contributed by atoms with Crippen molar-refractivity contribution in [3.63, 3.8) is 0 Å². The smallest absolute Gasteiger partial charge is 0.203 e. The zero-order valence-corrected chi connectivity index (χ0v) is 14.4. The van der Waals surface area contributed by atoms with Crippen LogP contribution >= 0.6 is 11.3 Å². The average molecular weight is 383 g/mol. The molecular formula is C18H13F4NO2S. The van der Waals surface area contributed by atoms with E-state index in [1.165, 1.54) is 11.3 Å². The molecule has 0 radical (unpaired) electrons. The van der Waals surface area contributed by atoms with Crippen molar-refractivity contribution in [2.24, 2.45) is 0 Å². The van der Waals surface area contributed by atoms with Gasteiger partial charge in [0, 0.05) is 11.4 Å². The number of hydrogen-bond acceptors (Lipinski definition) is 4. The Morgan fingerprint density at radius 3 is 2.23 bits per heavy atom. The first-order chi connectivity index (χ1) is 12.4. The van der Waals surface area contributed by atoms with Crippen LogP contribution < -0.4 is 9.47 Å². The minimum Gasteiger partial charge on any atom is -0.486 e. The molecule has 0 amide bonds. The highest BCUT2D eigenvalue weighted by Crippen LogP contribution is 2.27. The topological polar surface area (TPSA) is 31.4 Å². The molecule has 0 bridgehead atoms. The second-order valence-corrected chi connectivity index (χ2v) is 6.36. The number of ether oxygens (including phenoxy) is 2. The molecule has 0 N–H and O–H groups in total. The van der Waals surface area contributed by atoms with E-state index in [9.17, 15) is 17.6 Å². The lowest BCUT2D eigenvalue weighted by Gasteiger charge is -2.08. The third kappa shape index (κ3) is 4.13. The Kier molecular flexibility index (Phi) is 5.41. The fourth-order valence-corrected chi connectivity index (χ4v) is 2.77. The minimum atomic E-state index is -1.58. The summed E-state index contributed by atoms with van der Waals surface area (Å²) < 4.78 is 63.8. The molecule has 3 nitrogen and oxygen atoms in total. The van der Waals surface area contributed by atoms with E-state index < -0.39 is 29.0 Å². The van der Waals surface area contributed by atoms with Gasteiger partial charge in [-0.2, -0.15) is 8.78 Å². The quantitative estimate of drug-likeness (QED) is 0.435. The fourth-order valence-electron chi connectivity index (χ4n) is 2.09. The third-order valence-corrected chi connectivity index (χ3v) is 4.29. The highest BCUT2D eigenvalue weighted by atomic mass is 32.1. The van der Waals surface area contributed by atoms with Crippen LogP contribution in [0.2, 0.25) is 0 Å². The number of nitrogens with zero attached hydrogens (tertiary/aromatic N) is 1. The molecule has 0 fully saturated rings. The molecule has 136 valence electrons. The van der Waals surface area contributed by atoms with Crippen molar-refractivity contribution >= 4 is 11.3 Å². The molecule has 1 heterocycles. The van der Waals surface area contributed by atoms with Gasteiger partial charge in [0.1, 0.15) is 24.0 Å². The number of halogens is 4. The highest BCUT2D eigenvalue weighted by Gasteiger charge is 2.21. The van der Waals surface area contributed by atoms with Gasteiger partial charge in [-0.15, -0.1) is 11.3 Å². The van der Waals surface area contributed by atoms with Crippen LogP contribution in [-0.4, -0.2) is 4.98 Å². The van der Waals surface area contributed by atoms with E-state index in [0.717, 1.165) is 5.56 Å². The first-order valence-corrected chi connectivity index (χ1v) is 8.40. The van der Waals surface area contributed by atoms with Crippen molar-refractivity contribution in [3.8, 4) is 11.5 Å². The molecule has 0 aliphatic carbocycles. The molecule has 0 aliphatic heterocycles. The Labute approximate surface area is 150 Å². The summed E-state index contributed by atoms with van der Waals surface area (Å²) in [5, 5.41) is 2.23. The minimum absolute atomic E-state index is 0.126. The predicted molar refractivity (Wildman–Crippen MR) is 88.2 cm³/mol. The zero-order valence-electron chi connectivity index (χ0n) is 13.6. The lowest BCUT2D eigenvalue weighted by atomic mass is 10.2. The second-order valence-electron chi connectivity index (χ2n) is 5.42. The van der Waals surface area contributed by atoms with Crippen molar-refractivity contribution in [2.75, 3.05) is 0 Å². The van der Waals surface area contributed by atoms with E-state index in [1.807, 2.05) is 31.2 Å². The number of rotatable bonds is 6. The molecule has 3 rings (SSSR count). The SMILES string of the molecule is Cc1ccc(OCc2nc(COc3c(F)c(F)cc(F)c3F)cs2)cc1. The normalized spacial score (nSPS) is 10.8. The van der Waals surface area contributed by atoms with Crippen LogP contribution in [0.5, 0.6) is 11.5 Å². The molecule has 0 saturated heterocycles. The number of hydrogen-bond donors (Lipinski definition) is 0. The largest absolute Gasteiger partial charge is 0.486 e.